The number of benzene rings is 2. The second kappa shape index (κ2) is 7.38. The Morgan fingerprint density at radius 1 is 1.12 bits per heavy atom. The first-order valence-electron chi connectivity index (χ1n) is 7.98. The van der Waals surface area contributed by atoms with E-state index >= 15 is 0 Å². The lowest BCUT2D eigenvalue weighted by molar-refractivity contribution is 0.112. The highest BCUT2D eigenvalue weighted by molar-refractivity contribution is 6.34. The normalized spacial score (nSPS) is 10.4. The second-order valence-electron chi connectivity index (χ2n) is 5.76. The maximum Gasteiger partial charge on any atom is 0.153 e. The van der Waals surface area contributed by atoms with Gasteiger partial charge in [-0.1, -0.05) is 59.3 Å². The molecule has 2 nitrogen and oxygen atoms in total. The monoisotopic (exact) mass is 335 g/mol. The largest absolute Gasteiger partial charge is 0.331 e. The summed E-state index contributed by atoms with van der Waals surface area (Å²) in [5, 5.41) is 1.42. The number of halogens is 1. The van der Waals surface area contributed by atoms with Gasteiger partial charge < -0.3 is 4.57 Å². The van der Waals surface area contributed by atoms with Gasteiger partial charge in [-0.25, -0.2) is 0 Å². The molecule has 24 heavy (non-hydrogen) atoms. The van der Waals surface area contributed by atoms with Gasteiger partial charge in [0.15, 0.2) is 6.29 Å². The molecular weight excluding hydrogens is 318 g/mol. The first-order valence-corrected chi connectivity index (χ1v) is 8.36. The number of rotatable bonds is 4. The number of hydrogen-bond donors (Lipinski definition) is 0. The minimum Gasteiger partial charge on any atom is -0.331 e. The zero-order valence-electron chi connectivity index (χ0n) is 13.6. The zero-order chi connectivity index (χ0) is 16.9. The van der Waals surface area contributed by atoms with E-state index in [1.165, 1.54) is 5.56 Å². The molecule has 0 radical (unpaired) electrons. The van der Waals surface area contributed by atoms with Gasteiger partial charge in [-0.15, -0.1) is 0 Å². The van der Waals surface area contributed by atoms with Gasteiger partial charge in [0.25, 0.3) is 0 Å². The first kappa shape index (κ1) is 16.4. The molecular formula is C21H18ClNO. The Balaban J connectivity index is 1.70. The molecule has 0 aliphatic heterocycles. The summed E-state index contributed by atoms with van der Waals surface area (Å²) in [7, 11) is 0. The van der Waals surface area contributed by atoms with E-state index in [9.17, 15) is 4.79 Å². The van der Waals surface area contributed by atoms with Crippen molar-refractivity contribution in [2.45, 2.75) is 26.3 Å². The number of carbonyl (C=O) groups excluding carboxylic acids is 1. The van der Waals surface area contributed by atoms with Crippen molar-refractivity contribution in [1.82, 2.24) is 4.57 Å². The molecule has 1 heterocycles. The molecule has 2 aromatic carbocycles. The van der Waals surface area contributed by atoms with Crippen molar-refractivity contribution in [1.29, 1.82) is 0 Å². The first-order chi connectivity index (χ1) is 11.7. The summed E-state index contributed by atoms with van der Waals surface area (Å²) in [6.07, 6.45) is 2.50. The van der Waals surface area contributed by atoms with Gasteiger partial charge in [0.05, 0.1) is 5.56 Å². The van der Waals surface area contributed by atoms with Crippen LogP contribution in [0.3, 0.4) is 0 Å². The topological polar surface area (TPSA) is 22.0 Å². The van der Waals surface area contributed by atoms with Crippen molar-refractivity contribution in [3.8, 4) is 11.8 Å². The summed E-state index contributed by atoms with van der Waals surface area (Å²) >= 11 is 6.37. The fourth-order valence-corrected chi connectivity index (χ4v) is 3.08. The van der Waals surface area contributed by atoms with E-state index in [0.29, 0.717) is 10.7 Å². The fraction of sp³-hybridized carbons (Fsp3) is 0.190. The molecule has 0 N–H and O–H groups in total. The standard InChI is InChI=1S/C21H18ClNO/c1-16-10-12-17(13-11-16)7-3-2-6-14-23-20-9-5-4-8-18(20)19(15-24)21(23)22/h4-5,8-13,15H,2,6,14H2,1H3. The number of unbranched alkanes of at least 4 members (excludes halogenated alkanes) is 1. The Labute approximate surface area is 147 Å². The number of para-hydroxylation sites is 1. The summed E-state index contributed by atoms with van der Waals surface area (Å²) in [5.41, 5.74) is 3.84. The molecule has 0 saturated heterocycles. The second-order valence-corrected chi connectivity index (χ2v) is 6.12. The maximum atomic E-state index is 11.3. The van der Waals surface area contributed by atoms with Crippen LogP contribution in [-0.2, 0) is 6.54 Å². The predicted octanol–water partition coefficient (Wildman–Crippen LogP) is 5.25. The van der Waals surface area contributed by atoms with Crippen LogP contribution in [0.1, 0.15) is 34.3 Å². The Morgan fingerprint density at radius 2 is 1.88 bits per heavy atom. The van der Waals surface area contributed by atoms with E-state index < -0.39 is 0 Å². The van der Waals surface area contributed by atoms with Crippen LogP contribution in [0.5, 0.6) is 0 Å². The van der Waals surface area contributed by atoms with Crippen LogP contribution in [0, 0.1) is 18.8 Å². The molecule has 0 saturated carbocycles. The van der Waals surface area contributed by atoms with Gasteiger partial charge in [0.2, 0.25) is 0 Å². The number of aldehydes is 1. The van der Waals surface area contributed by atoms with Crippen LogP contribution in [0.4, 0.5) is 0 Å². The van der Waals surface area contributed by atoms with Crippen LogP contribution >= 0.6 is 11.6 Å². The number of nitrogens with zero attached hydrogens (tertiary/aromatic N) is 1. The van der Waals surface area contributed by atoms with Crippen LogP contribution in [0.2, 0.25) is 5.15 Å². The highest BCUT2D eigenvalue weighted by Crippen LogP contribution is 2.29. The third-order valence-corrected chi connectivity index (χ3v) is 4.44. The van der Waals surface area contributed by atoms with Gasteiger partial charge >= 0.3 is 0 Å². The zero-order valence-corrected chi connectivity index (χ0v) is 14.3. The van der Waals surface area contributed by atoms with E-state index in [1.807, 2.05) is 41.0 Å². The summed E-state index contributed by atoms with van der Waals surface area (Å²) in [6.45, 7) is 2.81. The minimum absolute atomic E-state index is 0.512. The van der Waals surface area contributed by atoms with E-state index in [2.05, 4.69) is 30.9 Å². The highest BCUT2D eigenvalue weighted by Gasteiger charge is 2.13. The van der Waals surface area contributed by atoms with Crippen molar-refractivity contribution in [2.75, 3.05) is 0 Å². The van der Waals surface area contributed by atoms with Crippen LogP contribution < -0.4 is 0 Å². The summed E-state index contributed by atoms with van der Waals surface area (Å²) in [4.78, 5) is 11.3. The third kappa shape index (κ3) is 3.37. The molecule has 0 fully saturated rings. The lowest BCUT2D eigenvalue weighted by Crippen LogP contribution is -1.97. The van der Waals surface area contributed by atoms with Crippen molar-refractivity contribution >= 4 is 28.8 Å². The van der Waals surface area contributed by atoms with E-state index in [0.717, 1.165) is 42.1 Å². The molecule has 0 unspecified atom stereocenters. The average Bonchev–Trinajstić information content (AvgIpc) is 2.87. The molecule has 3 heteroatoms. The molecule has 3 rings (SSSR count). The lowest BCUT2D eigenvalue weighted by atomic mass is 10.1. The smallest absolute Gasteiger partial charge is 0.153 e. The number of fused-ring (bicyclic) bond motifs is 1. The van der Waals surface area contributed by atoms with Gasteiger partial charge in [-0.3, -0.25) is 4.79 Å². The quantitative estimate of drug-likeness (QED) is 0.362. The molecule has 0 amide bonds. The average molecular weight is 336 g/mol. The van der Waals surface area contributed by atoms with Crippen LogP contribution in [0.15, 0.2) is 48.5 Å². The SMILES string of the molecule is Cc1ccc(C#CCCCn2c(Cl)c(C=O)c3ccccc32)cc1. The number of aryl methyl sites for hydroxylation is 2. The van der Waals surface area contributed by atoms with Crippen molar-refractivity contribution in [3.05, 3.63) is 70.4 Å². The Bertz CT molecular complexity index is 926. The Morgan fingerprint density at radius 3 is 2.62 bits per heavy atom. The summed E-state index contributed by atoms with van der Waals surface area (Å²) < 4.78 is 1.99. The summed E-state index contributed by atoms with van der Waals surface area (Å²) in [5.74, 6) is 6.38. The van der Waals surface area contributed by atoms with Crippen molar-refractivity contribution in [3.63, 3.8) is 0 Å². The van der Waals surface area contributed by atoms with Crippen molar-refractivity contribution < 1.29 is 4.79 Å². The van der Waals surface area contributed by atoms with E-state index in [1.54, 1.807) is 0 Å². The highest BCUT2D eigenvalue weighted by atomic mass is 35.5. The summed E-state index contributed by atoms with van der Waals surface area (Å²) in [6, 6.07) is 16.0. The lowest BCUT2D eigenvalue weighted by Gasteiger charge is -2.05. The molecule has 1 aromatic heterocycles. The predicted molar refractivity (Wildman–Crippen MR) is 99.6 cm³/mol. The number of aromatic nitrogens is 1. The Hall–Kier alpha value is -2.50. The molecule has 120 valence electrons. The third-order valence-electron chi connectivity index (χ3n) is 4.03. The number of carbonyl (C=O) groups is 1. The van der Waals surface area contributed by atoms with Gasteiger partial charge in [-0.2, -0.15) is 0 Å². The van der Waals surface area contributed by atoms with E-state index in [-0.39, 0.29) is 0 Å². The molecule has 0 bridgehead atoms. The van der Waals surface area contributed by atoms with Gasteiger partial charge in [-0.05, 0) is 31.5 Å². The maximum absolute atomic E-state index is 11.3. The molecule has 0 aliphatic carbocycles. The molecule has 0 atom stereocenters. The van der Waals surface area contributed by atoms with Gasteiger partial charge in [0, 0.05) is 29.4 Å². The van der Waals surface area contributed by atoms with Gasteiger partial charge in [0.1, 0.15) is 5.15 Å². The molecule has 0 aliphatic rings. The van der Waals surface area contributed by atoms with Crippen LogP contribution in [-0.4, -0.2) is 10.9 Å². The Kier molecular flexibility index (Phi) is 5.03. The fourth-order valence-electron chi connectivity index (χ4n) is 2.76. The number of hydrogen-bond acceptors (Lipinski definition) is 1. The van der Waals surface area contributed by atoms with Crippen LogP contribution in [0.25, 0.3) is 10.9 Å². The molecule has 0 spiro atoms. The minimum atomic E-state index is 0.512. The molecule has 3 aromatic rings. The van der Waals surface area contributed by atoms with Crippen molar-refractivity contribution in [2.24, 2.45) is 0 Å². The van der Waals surface area contributed by atoms with E-state index in [4.69, 9.17) is 11.6 Å².